The van der Waals surface area contributed by atoms with E-state index in [2.05, 4.69) is 121 Å². The maximum Gasteiger partial charge on any atom is 0.0540 e. The fourth-order valence-corrected chi connectivity index (χ4v) is 3.97. The summed E-state index contributed by atoms with van der Waals surface area (Å²) < 4.78 is 0. The lowest BCUT2D eigenvalue weighted by molar-refractivity contribution is 1.31. The summed E-state index contributed by atoms with van der Waals surface area (Å²) in [5, 5.41) is 4.93. The van der Waals surface area contributed by atoms with Gasteiger partial charge in [0.05, 0.1) is 11.4 Å². The fourth-order valence-electron chi connectivity index (χ4n) is 3.97. The van der Waals surface area contributed by atoms with Crippen LogP contribution in [-0.4, -0.2) is 0 Å². The second kappa shape index (κ2) is 7.29. The van der Waals surface area contributed by atoms with Crippen molar-refractivity contribution in [2.45, 2.75) is 0 Å². The molecular formula is C28H21N. The van der Waals surface area contributed by atoms with Crippen LogP contribution in [0.1, 0.15) is 5.56 Å². The van der Waals surface area contributed by atoms with Crippen molar-refractivity contribution in [1.29, 1.82) is 0 Å². The minimum atomic E-state index is 1.12. The highest BCUT2D eigenvalue weighted by atomic mass is 15.1. The highest BCUT2D eigenvalue weighted by Crippen LogP contribution is 2.41. The molecule has 29 heavy (non-hydrogen) atoms. The highest BCUT2D eigenvalue weighted by Gasteiger charge is 2.17. The molecule has 5 rings (SSSR count). The lowest BCUT2D eigenvalue weighted by Crippen LogP contribution is -2.11. The molecule has 5 aromatic rings. The molecule has 0 heterocycles. The van der Waals surface area contributed by atoms with Gasteiger partial charge in [0.2, 0.25) is 0 Å². The highest BCUT2D eigenvalue weighted by molar-refractivity contribution is 6.04. The van der Waals surface area contributed by atoms with E-state index in [9.17, 15) is 0 Å². The zero-order valence-electron chi connectivity index (χ0n) is 16.1. The fraction of sp³-hybridized carbons (Fsp3) is 0. The summed E-state index contributed by atoms with van der Waals surface area (Å²) in [6.45, 7) is 3.89. The molecule has 0 aliphatic rings. The third kappa shape index (κ3) is 3.07. The molecule has 0 bridgehead atoms. The normalized spacial score (nSPS) is 10.9. The zero-order chi connectivity index (χ0) is 19.6. The van der Waals surface area contributed by atoms with E-state index in [0.717, 1.165) is 11.3 Å². The van der Waals surface area contributed by atoms with Crippen molar-refractivity contribution in [2.24, 2.45) is 0 Å². The van der Waals surface area contributed by atoms with Crippen molar-refractivity contribution in [1.82, 2.24) is 0 Å². The number of nitrogens with zero attached hydrogens (tertiary/aromatic N) is 1. The molecule has 0 amide bonds. The lowest BCUT2D eigenvalue weighted by atomic mass is 10.0. The van der Waals surface area contributed by atoms with Crippen molar-refractivity contribution in [2.75, 3.05) is 4.90 Å². The summed E-state index contributed by atoms with van der Waals surface area (Å²) in [5.74, 6) is 0. The van der Waals surface area contributed by atoms with Crippen molar-refractivity contribution in [3.63, 3.8) is 0 Å². The lowest BCUT2D eigenvalue weighted by Gasteiger charge is -2.28. The summed E-state index contributed by atoms with van der Waals surface area (Å²) in [6.07, 6.45) is 1.88. The Bertz CT molecular complexity index is 1230. The van der Waals surface area contributed by atoms with Crippen LogP contribution in [0.3, 0.4) is 0 Å². The third-order valence-electron chi connectivity index (χ3n) is 5.40. The Labute approximate surface area is 171 Å². The van der Waals surface area contributed by atoms with E-state index in [4.69, 9.17) is 0 Å². The van der Waals surface area contributed by atoms with E-state index in [1.807, 2.05) is 6.08 Å². The van der Waals surface area contributed by atoms with Crippen LogP contribution in [0.4, 0.5) is 17.1 Å². The summed E-state index contributed by atoms with van der Waals surface area (Å²) in [5.41, 5.74) is 4.59. The first-order chi connectivity index (χ1) is 14.3. The van der Waals surface area contributed by atoms with E-state index in [1.165, 1.54) is 32.9 Å². The SMILES string of the molecule is C=Cc1ccc(N(c2cccc3ccccc23)c2cccc3ccccc23)cc1. The molecular weight excluding hydrogens is 350 g/mol. The van der Waals surface area contributed by atoms with Gasteiger partial charge in [0.15, 0.2) is 0 Å². The number of benzene rings is 5. The summed E-state index contributed by atoms with van der Waals surface area (Å²) >= 11 is 0. The Hall–Kier alpha value is -3.84. The quantitative estimate of drug-likeness (QED) is 0.308. The zero-order valence-corrected chi connectivity index (χ0v) is 16.1. The van der Waals surface area contributed by atoms with Crippen molar-refractivity contribution in [3.8, 4) is 0 Å². The van der Waals surface area contributed by atoms with Crippen molar-refractivity contribution >= 4 is 44.7 Å². The Morgan fingerprint density at radius 3 is 1.52 bits per heavy atom. The van der Waals surface area contributed by atoms with Crippen LogP contribution in [-0.2, 0) is 0 Å². The van der Waals surface area contributed by atoms with Gasteiger partial charge in [-0.15, -0.1) is 0 Å². The maximum absolute atomic E-state index is 3.89. The first kappa shape index (κ1) is 17.3. The average Bonchev–Trinajstić information content (AvgIpc) is 2.80. The minimum Gasteiger partial charge on any atom is -0.309 e. The molecule has 1 heteroatoms. The van der Waals surface area contributed by atoms with Gasteiger partial charge in [0.1, 0.15) is 0 Å². The van der Waals surface area contributed by atoms with Gasteiger partial charge in [0.25, 0.3) is 0 Å². The molecule has 0 fully saturated rings. The molecule has 0 aliphatic heterocycles. The smallest absolute Gasteiger partial charge is 0.0540 e. The van der Waals surface area contributed by atoms with Crippen LogP contribution in [0.5, 0.6) is 0 Å². The second-order valence-corrected chi connectivity index (χ2v) is 7.13. The molecule has 0 saturated heterocycles. The first-order valence-electron chi connectivity index (χ1n) is 9.83. The van der Waals surface area contributed by atoms with Crippen LogP contribution in [0.25, 0.3) is 27.6 Å². The average molecular weight is 371 g/mol. The number of hydrogen-bond donors (Lipinski definition) is 0. The number of hydrogen-bond acceptors (Lipinski definition) is 1. The van der Waals surface area contributed by atoms with Gasteiger partial charge in [-0.25, -0.2) is 0 Å². The van der Waals surface area contributed by atoms with E-state index in [-0.39, 0.29) is 0 Å². The van der Waals surface area contributed by atoms with Crippen molar-refractivity contribution in [3.05, 3.63) is 121 Å². The molecule has 0 unspecified atom stereocenters. The minimum absolute atomic E-state index is 1.12. The first-order valence-corrected chi connectivity index (χ1v) is 9.83. The largest absolute Gasteiger partial charge is 0.309 e. The molecule has 5 aromatic carbocycles. The molecule has 0 aliphatic carbocycles. The predicted octanol–water partition coefficient (Wildman–Crippen LogP) is 8.11. The monoisotopic (exact) mass is 371 g/mol. The Morgan fingerprint density at radius 2 is 1.00 bits per heavy atom. The van der Waals surface area contributed by atoms with Gasteiger partial charge in [-0.05, 0) is 40.6 Å². The third-order valence-corrected chi connectivity index (χ3v) is 5.40. The van der Waals surface area contributed by atoms with Crippen LogP contribution >= 0.6 is 0 Å². The summed E-state index contributed by atoms with van der Waals surface area (Å²) in [6, 6.07) is 38.7. The molecule has 0 N–H and O–H groups in total. The van der Waals surface area contributed by atoms with Gasteiger partial charge >= 0.3 is 0 Å². The molecule has 1 nitrogen and oxygen atoms in total. The van der Waals surface area contributed by atoms with Gasteiger partial charge in [-0.1, -0.05) is 97.6 Å². The summed E-state index contributed by atoms with van der Waals surface area (Å²) in [7, 11) is 0. The number of rotatable bonds is 4. The van der Waals surface area contributed by atoms with E-state index < -0.39 is 0 Å². The van der Waals surface area contributed by atoms with E-state index in [0.29, 0.717) is 0 Å². The van der Waals surface area contributed by atoms with Crippen LogP contribution < -0.4 is 4.90 Å². The molecule has 0 spiro atoms. The van der Waals surface area contributed by atoms with Gasteiger partial charge in [-0.3, -0.25) is 0 Å². The predicted molar refractivity (Wildman–Crippen MR) is 126 cm³/mol. The van der Waals surface area contributed by atoms with Gasteiger partial charge in [0, 0.05) is 16.5 Å². The molecule has 0 aromatic heterocycles. The summed E-state index contributed by atoms with van der Waals surface area (Å²) in [4.78, 5) is 2.36. The maximum atomic E-state index is 3.89. The Kier molecular flexibility index (Phi) is 4.34. The number of anilines is 3. The standard InChI is InChI=1S/C28H21N/c1-2-21-17-19-24(20-18-21)29(27-15-7-11-22-9-3-5-13-25(22)27)28-16-8-12-23-10-4-6-14-26(23)28/h2-20H,1H2. The van der Waals surface area contributed by atoms with E-state index in [1.54, 1.807) is 0 Å². The molecule has 138 valence electrons. The van der Waals surface area contributed by atoms with Crippen LogP contribution in [0.2, 0.25) is 0 Å². The topological polar surface area (TPSA) is 3.24 Å². The van der Waals surface area contributed by atoms with Crippen LogP contribution in [0.15, 0.2) is 116 Å². The Balaban J connectivity index is 1.83. The molecule has 0 saturated carbocycles. The van der Waals surface area contributed by atoms with Gasteiger partial charge in [-0.2, -0.15) is 0 Å². The van der Waals surface area contributed by atoms with Gasteiger partial charge < -0.3 is 4.90 Å². The second-order valence-electron chi connectivity index (χ2n) is 7.13. The van der Waals surface area contributed by atoms with E-state index >= 15 is 0 Å². The van der Waals surface area contributed by atoms with Crippen LogP contribution in [0, 0.1) is 0 Å². The number of fused-ring (bicyclic) bond motifs is 2. The Morgan fingerprint density at radius 1 is 0.517 bits per heavy atom. The van der Waals surface area contributed by atoms with Crippen molar-refractivity contribution < 1.29 is 0 Å². The molecule has 0 atom stereocenters. The molecule has 0 radical (unpaired) electrons.